The first-order valence-corrected chi connectivity index (χ1v) is 11.0. The lowest BCUT2D eigenvalue weighted by Gasteiger charge is -2.38. The van der Waals surface area contributed by atoms with Crippen molar-refractivity contribution in [2.75, 3.05) is 50.2 Å². The molecule has 2 N–H and O–H groups in total. The van der Waals surface area contributed by atoms with E-state index >= 15 is 0 Å². The van der Waals surface area contributed by atoms with Gasteiger partial charge in [-0.2, -0.15) is 9.97 Å². The van der Waals surface area contributed by atoms with E-state index in [9.17, 15) is 0 Å². The molecule has 0 radical (unpaired) electrons. The Morgan fingerprint density at radius 2 is 1.90 bits per heavy atom. The topological polar surface area (TPSA) is 71.5 Å². The molecule has 0 saturated carbocycles. The molecule has 0 bridgehead atoms. The van der Waals surface area contributed by atoms with Crippen molar-refractivity contribution in [1.82, 2.24) is 15.3 Å². The highest BCUT2D eigenvalue weighted by atomic mass is 32.1. The number of hydrogen-bond acceptors (Lipinski definition) is 6. The molecule has 2 aliphatic rings. The molecule has 160 valence electrons. The van der Waals surface area contributed by atoms with E-state index in [4.69, 9.17) is 21.7 Å². The van der Waals surface area contributed by atoms with E-state index in [1.54, 1.807) is 7.11 Å². The van der Waals surface area contributed by atoms with Crippen LogP contribution in [0.5, 0.6) is 5.88 Å². The lowest BCUT2D eigenvalue weighted by atomic mass is 9.74. The van der Waals surface area contributed by atoms with Crippen molar-refractivity contribution in [2.45, 2.75) is 31.1 Å². The Labute approximate surface area is 183 Å². The zero-order chi connectivity index (χ0) is 20.8. The molecule has 2 fully saturated rings. The molecule has 1 aromatic heterocycles. The number of nitrogens with zero attached hydrogens (tertiary/aromatic N) is 3. The molecule has 0 spiro atoms. The summed E-state index contributed by atoms with van der Waals surface area (Å²) in [6.45, 7) is 4.26. The van der Waals surface area contributed by atoms with Gasteiger partial charge in [0.15, 0.2) is 5.11 Å². The lowest BCUT2D eigenvalue weighted by molar-refractivity contribution is 0.0515. The largest absolute Gasteiger partial charge is 0.481 e. The van der Waals surface area contributed by atoms with Crippen molar-refractivity contribution in [3.8, 4) is 5.88 Å². The van der Waals surface area contributed by atoms with Gasteiger partial charge in [0.05, 0.1) is 7.11 Å². The summed E-state index contributed by atoms with van der Waals surface area (Å²) in [6.07, 6.45) is 4.28. The van der Waals surface area contributed by atoms with E-state index in [2.05, 4.69) is 49.8 Å². The number of hydrogen-bond donors (Lipinski definition) is 2. The zero-order valence-electron chi connectivity index (χ0n) is 17.4. The van der Waals surface area contributed by atoms with Crippen LogP contribution in [0.3, 0.4) is 0 Å². The Hall–Kier alpha value is -2.45. The van der Waals surface area contributed by atoms with Gasteiger partial charge >= 0.3 is 0 Å². The molecule has 0 aliphatic carbocycles. The number of aromatic nitrogens is 2. The van der Waals surface area contributed by atoms with Crippen molar-refractivity contribution < 1.29 is 9.47 Å². The zero-order valence-corrected chi connectivity index (χ0v) is 18.2. The third kappa shape index (κ3) is 4.82. The SMILES string of the molecule is COc1cc(N2CCCC2)nc(NC(=S)NCC2(c3ccccc3)CCOCC2)n1. The van der Waals surface area contributed by atoms with E-state index in [-0.39, 0.29) is 5.41 Å². The average Bonchev–Trinajstić information content (AvgIpc) is 3.34. The maximum absolute atomic E-state index is 5.62. The summed E-state index contributed by atoms with van der Waals surface area (Å²) in [5.74, 6) is 1.85. The predicted octanol–water partition coefficient (Wildman–Crippen LogP) is 3.12. The van der Waals surface area contributed by atoms with Crippen LogP contribution in [0, 0.1) is 0 Å². The quantitative estimate of drug-likeness (QED) is 0.682. The first-order chi connectivity index (χ1) is 14.7. The Bertz CT molecular complexity index is 852. The Kier molecular flexibility index (Phi) is 6.64. The smallest absolute Gasteiger partial charge is 0.234 e. The number of benzene rings is 1. The van der Waals surface area contributed by atoms with Gasteiger partial charge in [-0.1, -0.05) is 30.3 Å². The van der Waals surface area contributed by atoms with Gasteiger partial charge in [0, 0.05) is 44.3 Å². The average molecular weight is 428 g/mol. The number of anilines is 2. The predicted molar refractivity (Wildman–Crippen MR) is 122 cm³/mol. The number of ether oxygens (including phenoxy) is 2. The summed E-state index contributed by atoms with van der Waals surface area (Å²) in [4.78, 5) is 11.3. The molecule has 3 heterocycles. The molecular weight excluding hydrogens is 398 g/mol. The lowest BCUT2D eigenvalue weighted by Crippen LogP contribution is -2.45. The minimum atomic E-state index is 0.00119. The van der Waals surface area contributed by atoms with Crippen molar-refractivity contribution in [3.05, 3.63) is 42.0 Å². The summed E-state index contributed by atoms with van der Waals surface area (Å²) < 4.78 is 11.0. The van der Waals surface area contributed by atoms with Crippen LogP contribution in [0.2, 0.25) is 0 Å². The van der Waals surface area contributed by atoms with E-state index < -0.39 is 0 Å². The maximum atomic E-state index is 5.62. The van der Waals surface area contributed by atoms with Crippen molar-refractivity contribution in [2.24, 2.45) is 0 Å². The van der Waals surface area contributed by atoms with Gasteiger partial charge in [0.25, 0.3) is 0 Å². The Morgan fingerprint density at radius 3 is 2.60 bits per heavy atom. The number of thiocarbonyl (C=S) groups is 1. The van der Waals surface area contributed by atoms with Crippen LogP contribution in [-0.4, -0.2) is 55.0 Å². The molecule has 8 heteroatoms. The highest BCUT2D eigenvalue weighted by Crippen LogP contribution is 2.34. The minimum absolute atomic E-state index is 0.00119. The fraction of sp³-hybridized carbons (Fsp3) is 0.500. The molecule has 0 amide bonds. The van der Waals surface area contributed by atoms with Gasteiger partial charge in [0.2, 0.25) is 11.8 Å². The molecule has 0 unspecified atom stereocenters. The number of nitrogens with one attached hydrogen (secondary N) is 2. The summed E-state index contributed by atoms with van der Waals surface area (Å²) in [6, 6.07) is 12.5. The van der Waals surface area contributed by atoms with Gasteiger partial charge in [-0.05, 0) is 43.5 Å². The highest BCUT2D eigenvalue weighted by Gasteiger charge is 2.34. The van der Waals surface area contributed by atoms with E-state index in [0.717, 1.165) is 51.5 Å². The minimum Gasteiger partial charge on any atom is -0.481 e. The van der Waals surface area contributed by atoms with Gasteiger partial charge in [-0.25, -0.2) is 0 Å². The second-order valence-corrected chi connectivity index (χ2v) is 8.26. The summed E-state index contributed by atoms with van der Waals surface area (Å²) >= 11 is 5.57. The van der Waals surface area contributed by atoms with Crippen LogP contribution < -0.4 is 20.3 Å². The Morgan fingerprint density at radius 1 is 1.17 bits per heavy atom. The van der Waals surface area contributed by atoms with Crippen LogP contribution in [0.4, 0.5) is 11.8 Å². The molecule has 0 atom stereocenters. The number of methoxy groups -OCH3 is 1. The first kappa shape index (κ1) is 20.8. The molecule has 1 aromatic carbocycles. The third-order valence-corrected chi connectivity index (χ3v) is 6.22. The highest BCUT2D eigenvalue weighted by molar-refractivity contribution is 7.80. The van der Waals surface area contributed by atoms with Gasteiger partial charge in [0.1, 0.15) is 5.82 Å². The Balaban J connectivity index is 1.44. The van der Waals surface area contributed by atoms with Crippen LogP contribution in [-0.2, 0) is 10.2 Å². The van der Waals surface area contributed by atoms with Gasteiger partial charge in [-0.3, -0.25) is 0 Å². The van der Waals surface area contributed by atoms with Crippen LogP contribution in [0.15, 0.2) is 36.4 Å². The van der Waals surface area contributed by atoms with E-state index in [1.165, 1.54) is 18.4 Å². The van der Waals surface area contributed by atoms with Crippen molar-refractivity contribution >= 4 is 29.1 Å². The molecule has 2 aliphatic heterocycles. The van der Waals surface area contributed by atoms with Crippen molar-refractivity contribution in [1.29, 1.82) is 0 Å². The molecule has 4 rings (SSSR count). The fourth-order valence-corrected chi connectivity index (χ4v) is 4.36. The summed E-state index contributed by atoms with van der Waals surface area (Å²) in [5, 5.41) is 7.06. The third-order valence-electron chi connectivity index (χ3n) is 5.98. The van der Waals surface area contributed by atoms with Crippen LogP contribution in [0.25, 0.3) is 0 Å². The maximum Gasteiger partial charge on any atom is 0.234 e. The van der Waals surface area contributed by atoms with Crippen LogP contribution in [0.1, 0.15) is 31.2 Å². The fourth-order valence-electron chi connectivity index (χ4n) is 4.20. The van der Waals surface area contributed by atoms with Gasteiger partial charge in [-0.15, -0.1) is 0 Å². The normalized spacial score (nSPS) is 18.1. The van der Waals surface area contributed by atoms with Crippen LogP contribution >= 0.6 is 12.2 Å². The molecular formula is C22H29N5O2S. The van der Waals surface area contributed by atoms with E-state index in [1.807, 2.05) is 12.1 Å². The van der Waals surface area contributed by atoms with Crippen molar-refractivity contribution in [3.63, 3.8) is 0 Å². The van der Waals surface area contributed by atoms with E-state index in [0.29, 0.717) is 16.9 Å². The molecule has 30 heavy (non-hydrogen) atoms. The van der Waals surface area contributed by atoms with Gasteiger partial charge < -0.3 is 25.0 Å². The number of rotatable bonds is 6. The monoisotopic (exact) mass is 427 g/mol. The summed E-state index contributed by atoms with van der Waals surface area (Å²) in [5.41, 5.74) is 1.32. The standard InChI is InChI=1S/C22H29N5O2S/c1-28-19-15-18(27-11-5-6-12-27)24-20(25-19)26-21(30)23-16-22(9-13-29-14-10-22)17-7-3-2-4-8-17/h2-4,7-8,15H,5-6,9-14,16H2,1H3,(H2,23,24,25,26,30). The first-order valence-electron chi connectivity index (χ1n) is 10.5. The second kappa shape index (κ2) is 9.57. The molecule has 2 aromatic rings. The molecule has 7 nitrogen and oxygen atoms in total. The summed E-state index contributed by atoms with van der Waals surface area (Å²) in [7, 11) is 1.62. The molecule has 2 saturated heterocycles. The second-order valence-electron chi connectivity index (χ2n) is 7.85.